The third kappa shape index (κ3) is 1.22. The van der Waals surface area contributed by atoms with Crippen molar-refractivity contribution in [1.29, 1.82) is 0 Å². The highest BCUT2D eigenvalue weighted by Crippen LogP contribution is 2.16. The Labute approximate surface area is 83.9 Å². The van der Waals surface area contributed by atoms with E-state index >= 15 is 0 Å². The lowest BCUT2D eigenvalue weighted by Crippen LogP contribution is -2.08. The molecule has 0 aliphatic rings. The molecule has 2 rings (SSSR count). The summed E-state index contributed by atoms with van der Waals surface area (Å²) in [7, 11) is 0. The fourth-order valence-electron chi connectivity index (χ4n) is 1.22. The van der Waals surface area contributed by atoms with Gasteiger partial charge in [0.25, 0.3) is 0 Å². The van der Waals surface area contributed by atoms with E-state index in [2.05, 4.69) is 10.1 Å². The lowest BCUT2D eigenvalue weighted by atomic mass is 10.4. The molecule has 0 aliphatic heterocycles. The lowest BCUT2D eigenvalue weighted by molar-refractivity contribution is 0.0687. The third-order valence-corrected chi connectivity index (χ3v) is 2.04. The molecule has 1 N–H and O–H groups in total. The van der Waals surface area contributed by atoms with Gasteiger partial charge in [0.05, 0.1) is 16.9 Å². The Morgan fingerprint density at radius 3 is 3.00 bits per heavy atom. The fourth-order valence-corrected chi connectivity index (χ4v) is 1.43. The molecule has 0 saturated heterocycles. The number of carboxylic acids is 1. The number of hydrogen-bond acceptors (Lipinski definition) is 3. The molecule has 0 bridgehead atoms. The van der Waals surface area contributed by atoms with Crippen LogP contribution in [0.5, 0.6) is 0 Å². The average Bonchev–Trinajstić information content (AvgIpc) is 2.43. The summed E-state index contributed by atoms with van der Waals surface area (Å²) in [6.45, 7) is 1.76. The van der Waals surface area contributed by atoms with Gasteiger partial charge >= 0.3 is 5.97 Å². The first kappa shape index (κ1) is 8.96. The Balaban J connectivity index is 2.88. The molecule has 0 aromatic carbocycles. The second-order valence-electron chi connectivity index (χ2n) is 2.82. The van der Waals surface area contributed by atoms with Gasteiger partial charge in [0.2, 0.25) is 0 Å². The van der Waals surface area contributed by atoms with Crippen molar-refractivity contribution in [2.24, 2.45) is 0 Å². The van der Waals surface area contributed by atoms with Crippen LogP contribution in [0.4, 0.5) is 0 Å². The molecule has 0 unspecified atom stereocenters. The predicted molar refractivity (Wildman–Crippen MR) is 49.7 cm³/mol. The van der Waals surface area contributed by atoms with Gasteiger partial charge in [0.15, 0.2) is 11.3 Å². The topological polar surface area (TPSA) is 67.5 Å². The molecule has 5 nitrogen and oxygen atoms in total. The van der Waals surface area contributed by atoms with E-state index in [1.54, 1.807) is 13.0 Å². The van der Waals surface area contributed by atoms with Gasteiger partial charge in [0.1, 0.15) is 0 Å². The highest BCUT2D eigenvalue weighted by atomic mass is 35.5. The van der Waals surface area contributed by atoms with E-state index in [0.29, 0.717) is 11.3 Å². The number of aryl methyl sites for hydroxylation is 1. The Hall–Kier alpha value is -1.62. The number of aromatic nitrogens is 3. The van der Waals surface area contributed by atoms with E-state index in [-0.39, 0.29) is 10.7 Å². The first-order valence-corrected chi connectivity index (χ1v) is 4.21. The van der Waals surface area contributed by atoms with Crippen LogP contribution in [0.3, 0.4) is 0 Å². The third-order valence-electron chi connectivity index (χ3n) is 1.76. The monoisotopic (exact) mass is 211 g/mol. The minimum absolute atomic E-state index is 0.0650. The van der Waals surface area contributed by atoms with Crippen molar-refractivity contribution in [3.63, 3.8) is 0 Å². The van der Waals surface area contributed by atoms with Gasteiger partial charge < -0.3 is 5.11 Å². The summed E-state index contributed by atoms with van der Waals surface area (Å²) in [5.41, 5.74) is 1.11. The molecule has 0 atom stereocenters. The van der Waals surface area contributed by atoms with E-state index in [9.17, 15) is 4.79 Å². The molecular weight excluding hydrogens is 206 g/mol. The molecule has 0 amide bonds. The summed E-state index contributed by atoms with van der Waals surface area (Å²) in [5.74, 6) is -1.12. The van der Waals surface area contributed by atoms with Crippen LogP contribution in [0.2, 0.25) is 5.02 Å². The Kier molecular flexibility index (Phi) is 1.89. The van der Waals surface area contributed by atoms with Crippen LogP contribution in [-0.4, -0.2) is 25.7 Å². The van der Waals surface area contributed by atoms with E-state index in [1.165, 1.54) is 10.7 Å². The summed E-state index contributed by atoms with van der Waals surface area (Å²) >= 11 is 5.70. The van der Waals surface area contributed by atoms with Crippen molar-refractivity contribution in [3.8, 4) is 0 Å². The van der Waals surface area contributed by atoms with E-state index in [0.717, 1.165) is 0 Å². The molecule has 72 valence electrons. The van der Waals surface area contributed by atoms with E-state index in [1.807, 2.05) is 0 Å². The molecular formula is C8H6ClN3O2. The molecule has 2 aromatic heterocycles. The van der Waals surface area contributed by atoms with Crippen molar-refractivity contribution in [2.75, 3.05) is 0 Å². The highest BCUT2D eigenvalue weighted by molar-refractivity contribution is 6.33. The van der Waals surface area contributed by atoms with Crippen molar-refractivity contribution in [1.82, 2.24) is 14.6 Å². The van der Waals surface area contributed by atoms with Crippen LogP contribution < -0.4 is 0 Å². The SMILES string of the molecule is Cc1cc2ncc(Cl)c(C(=O)O)n2n1. The maximum Gasteiger partial charge on any atom is 0.356 e. The quantitative estimate of drug-likeness (QED) is 0.774. The van der Waals surface area contributed by atoms with Gasteiger partial charge in [-0.2, -0.15) is 5.10 Å². The van der Waals surface area contributed by atoms with Crippen LogP contribution in [-0.2, 0) is 0 Å². The second kappa shape index (κ2) is 2.95. The summed E-state index contributed by atoms with van der Waals surface area (Å²) in [4.78, 5) is 14.8. The number of fused-ring (bicyclic) bond motifs is 1. The number of nitrogens with zero attached hydrogens (tertiary/aromatic N) is 3. The van der Waals surface area contributed by atoms with Crippen LogP contribution in [0.1, 0.15) is 16.2 Å². The summed E-state index contributed by atoms with van der Waals surface area (Å²) in [5, 5.41) is 13.0. The molecule has 14 heavy (non-hydrogen) atoms. The number of aromatic carboxylic acids is 1. The first-order chi connectivity index (χ1) is 6.59. The van der Waals surface area contributed by atoms with Gasteiger partial charge in [0, 0.05) is 6.07 Å². The molecule has 0 aliphatic carbocycles. The van der Waals surface area contributed by atoms with Gasteiger partial charge in [-0.05, 0) is 6.92 Å². The Morgan fingerprint density at radius 1 is 1.64 bits per heavy atom. The van der Waals surface area contributed by atoms with Crippen LogP contribution in [0, 0.1) is 6.92 Å². The number of carbonyl (C=O) groups is 1. The van der Waals surface area contributed by atoms with Gasteiger partial charge in [-0.25, -0.2) is 14.3 Å². The van der Waals surface area contributed by atoms with Gasteiger partial charge in [-0.15, -0.1) is 0 Å². The van der Waals surface area contributed by atoms with Crippen LogP contribution in [0.15, 0.2) is 12.3 Å². The van der Waals surface area contributed by atoms with Crippen molar-refractivity contribution >= 4 is 23.2 Å². The summed E-state index contributed by atoms with van der Waals surface area (Å²) in [6.07, 6.45) is 1.31. The minimum Gasteiger partial charge on any atom is -0.476 e. The Bertz CT molecular complexity index is 521. The zero-order valence-corrected chi connectivity index (χ0v) is 7.99. The summed E-state index contributed by atoms with van der Waals surface area (Å²) in [6, 6.07) is 1.68. The number of halogens is 1. The highest BCUT2D eigenvalue weighted by Gasteiger charge is 2.15. The lowest BCUT2D eigenvalue weighted by Gasteiger charge is -2.00. The number of hydrogen-bond donors (Lipinski definition) is 1. The van der Waals surface area contributed by atoms with Gasteiger partial charge in [-0.3, -0.25) is 0 Å². The molecule has 2 aromatic rings. The standard InChI is InChI=1S/C8H6ClN3O2/c1-4-2-6-10-3-5(9)7(8(13)14)12(6)11-4/h2-3H,1H3,(H,13,14). The van der Waals surface area contributed by atoms with E-state index in [4.69, 9.17) is 16.7 Å². The van der Waals surface area contributed by atoms with Crippen molar-refractivity contribution < 1.29 is 9.90 Å². The zero-order chi connectivity index (χ0) is 10.3. The predicted octanol–water partition coefficient (Wildman–Crippen LogP) is 1.39. The normalized spacial score (nSPS) is 10.7. The maximum absolute atomic E-state index is 10.9. The van der Waals surface area contributed by atoms with Crippen LogP contribution >= 0.6 is 11.6 Å². The summed E-state index contributed by atoms with van der Waals surface area (Å²) < 4.78 is 1.22. The van der Waals surface area contributed by atoms with Gasteiger partial charge in [-0.1, -0.05) is 11.6 Å². The first-order valence-electron chi connectivity index (χ1n) is 3.84. The fraction of sp³-hybridized carbons (Fsp3) is 0.125. The maximum atomic E-state index is 10.9. The van der Waals surface area contributed by atoms with Crippen molar-refractivity contribution in [2.45, 2.75) is 6.92 Å². The molecule has 6 heteroatoms. The smallest absolute Gasteiger partial charge is 0.356 e. The van der Waals surface area contributed by atoms with Crippen LogP contribution in [0.25, 0.3) is 5.65 Å². The Morgan fingerprint density at radius 2 is 2.36 bits per heavy atom. The molecule has 0 radical (unpaired) electrons. The second-order valence-corrected chi connectivity index (χ2v) is 3.22. The van der Waals surface area contributed by atoms with E-state index < -0.39 is 5.97 Å². The largest absolute Gasteiger partial charge is 0.476 e. The molecule has 0 spiro atoms. The molecule has 0 fully saturated rings. The zero-order valence-electron chi connectivity index (χ0n) is 7.23. The average molecular weight is 212 g/mol. The molecule has 0 saturated carbocycles. The number of carboxylic acid groups (broad SMARTS) is 1. The van der Waals surface area contributed by atoms with Crippen molar-refractivity contribution in [3.05, 3.63) is 28.7 Å². The number of rotatable bonds is 1. The minimum atomic E-state index is -1.12. The molecule has 2 heterocycles.